The zero-order valence-electron chi connectivity index (χ0n) is 11.3. The molecule has 5 heteroatoms. The summed E-state index contributed by atoms with van der Waals surface area (Å²) in [7, 11) is 1.64. The third-order valence-electron chi connectivity index (χ3n) is 3.57. The number of amides is 1. The average molecular weight is 283 g/mol. The number of carbonyl (C=O) groups excluding carboxylic acids is 1. The first-order valence-corrected chi connectivity index (χ1v) is 7.63. The van der Waals surface area contributed by atoms with Crippen LogP contribution in [0.25, 0.3) is 0 Å². The van der Waals surface area contributed by atoms with E-state index in [9.17, 15) is 4.79 Å². The highest BCUT2D eigenvalue weighted by molar-refractivity contribution is 7.12. The molecule has 1 aromatic heterocycles. The van der Waals surface area contributed by atoms with Crippen LogP contribution in [0, 0.1) is 0 Å². The molecule has 0 aliphatic carbocycles. The maximum absolute atomic E-state index is 12.6. The molecule has 1 unspecified atom stereocenters. The zero-order valence-corrected chi connectivity index (χ0v) is 12.1. The molecule has 1 amide bonds. The second-order valence-corrected chi connectivity index (χ2v) is 5.78. The highest BCUT2D eigenvalue weighted by Crippen LogP contribution is 2.27. The maximum atomic E-state index is 12.6. The minimum atomic E-state index is 0.127. The Morgan fingerprint density at radius 2 is 2.47 bits per heavy atom. The van der Waals surface area contributed by atoms with Gasteiger partial charge in [0.05, 0.1) is 11.5 Å². The molecule has 1 N–H and O–H groups in total. The molecule has 1 atom stereocenters. The van der Waals surface area contributed by atoms with Crippen LogP contribution in [0.3, 0.4) is 0 Å². The molecule has 4 nitrogen and oxygen atoms in total. The van der Waals surface area contributed by atoms with E-state index in [-0.39, 0.29) is 18.6 Å². The molecule has 1 aromatic rings. The van der Waals surface area contributed by atoms with Crippen molar-refractivity contribution in [2.45, 2.75) is 38.3 Å². The number of carbonyl (C=O) groups is 1. The van der Waals surface area contributed by atoms with E-state index in [1.54, 1.807) is 7.11 Å². The van der Waals surface area contributed by atoms with Gasteiger partial charge in [0.1, 0.15) is 0 Å². The van der Waals surface area contributed by atoms with E-state index in [1.165, 1.54) is 11.3 Å². The number of likely N-dealkylation sites (tertiary alicyclic amines) is 1. The lowest BCUT2D eigenvalue weighted by Gasteiger charge is -2.24. The molecule has 0 saturated carbocycles. The first-order chi connectivity index (χ1) is 9.27. The van der Waals surface area contributed by atoms with Crippen LogP contribution >= 0.6 is 11.3 Å². The van der Waals surface area contributed by atoms with Crippen molar-refractivity contribution in [3.8, 4) is 0 Å². The Morgan fingerprint density at radius 1 is 1.63 bits per heavy atom. The Bertz CT molecular complexity index is 419. The van der Waals surface area contributed by atoms with Gasteiger partial charge in [-0.3, -0.25) is 4.79 Å². The first-order valence-electron chi connectivity index (χ1n) is 6.75. The van der Waals surface area contributed by atoms with Gasteiger partial charge in [-0.1, -0.05) is 0 Å². The van der Waals surface area contributed by atoms with Crippen LogP contribution in [0.5, 0.6) is 0 Å². The fourth-order valence-corrected chi connectivity index (χ4v) is 3.52. The maximum Gasteiger partial charge on any atom is 0.264 e. The van der Waals surface area contributed by atoms with Gasteiger partial charge in [-0.2, -0.15) is 0 Å². The average Bonchev–Trinajstić information content (AvgIpc) is 3.04. The number of rotatable bonds is 6. The van der Waals surface area contributed by atoms with Crippen molar-refractivity contribution in [2.75, 3.05) is 20.3 Å². The summed E-state index contributed by atoms with van der Waals surface area (Å²) in [5, 5.41) is 10.9. The number of thiophene rings is 1. The third kappa shape index (κ3) is 3.35. The molecule has 1 fully saturated rings. The fraction of sp³-hybridized carbons (Fsp3) is 0.643. The van der Waals surface area contributed by atoms with Crippen molar-refractivity contribution in [2.24, 2.45) is 0 Å². The largest absolute Gasteiger partial charge is 0.396 e. The van der Waals surface area contributed by atoms with Crippen LogP contribution in [0.2, 0.25) is 0 Å². The van der Waals surface area contributed by atoms with E-state index in [0.717, 1.165) is 42.7 Å². The van der Waals surface area contributed by atoms with E-state index >= 15 is 0 Å². The van der Waals surface area contributed by atoms with Gasteiger partial charge in [0.25, 0.3) is 5.91 Å². The second kappa shape index (κ2) is 7.03. The van der Waals surface area contributed by atoms with Crippen molar-refractivity contribution >= 4 is 17.2 Å². The molecule has 19 heavy (non-hydrogen) atoms. The van der Waals surface area contributed by atoms with Crippen molar-refractivity contribution in [3.63, 3.8) is 0 Å². The fourth-order valence-electron chi connectivity index (χ4n) is 2.65. The van der Waals surface area contributed by atoms with Crippen molar-refractivity contribution in [1.82, 2.24) is 4.90 Å². The summed E-state index contributed by atoms with van der Waals surface area (Å²) in [6.07, 6.45) is 3.78. The number of ether oxygens (including phenoxy) is 1. The van der Waals surface area contributed by atoms with Gasteiger partial charge in [0.15, 0.2) is 0 Å². The minimum Gasteiger partial charge on any atom is -0.396 e. The third-order valence-corrected chi connectivity index (χ3v) is 4.52. The van der Waals surface area contributed by atoms with Crippen LogP contribution in [0.1, 0.15) is 40.9 Å². The predicted molar refractivity (Wildman–Crippen MR) is 75.4 cm³/mol. The van der Waals surface area contributed by atoms with Crippen LogP contribution in [0.4, 0.5) is 0 Å². The predicted octanol–water partition coefficient (Wildman–Crippen LogP) is 2.27. The Balaban J connectivity index is 2.07. The lowest BCUT2D eigenvalue weighted by Crippen LogP contribution is -2.35. The van der Waals surface area contributed by atoms with Crippen molar-refractivity contribution in [3.05, 3.63) is 21.9 Å². The van der Waals surface area contributed by atoms with E-state index in [0.29, 0.717) is 6.61 Å². The molecule has 0 aromatic carbocycles. The summed E-state index contributed by atoms with van der Waals surface area (Å²) in [6, 6.07) is 2.25. The molecule has 0 spiro atoms. The van der Waals surface area contributed by atoms with E-state index in [1.807, 2.05) is 16.3 Å². The quantitative estimate of drug-likeness (QED) is 0.871. The number of aliphatic hydroxyl groups is 1. The van der Waals surface area contributed by atoms with Gasteiger partial charge in [0, 0.05) is 31.9 Å². The molecule has 1 saturated heterocycles. The highest BCUT2D eigenvalue weighted by Gasteiger charge is 2.30. The van der Waals surface area contributed by atoms with Gasteiger partial charge in [0.2, 0.25) is 0 Å². The molecular formula is C14H21NO3S. The summed E-state index contributed by atoms with van der Waals surface area (Å²) in [5.74, 6) is 0.127. The van der Waals surface area contributed by atoms with E-state index < -0.39 is 0 Å². The smallest absolute Gasteiger partial charge is 0.264 e. The van der Waals surface area contributed by atoms with Crippen LogP contribution in [-0.2, 0) is 11.3 Å². The summed E-state index contributed by atoms with van der Waals surface area (Å²) in [5.41, 5.74) is 0.977. The summed E-state index contributed by atoms with van der Waals surface area (Å²) >= 11 is 1.49. The monoisotopic (exact) mass is 283 g/mol. The Morgan fingerprint density at radius 3 is 3.21 bits per heavy atom. The molecule has 0 radical (unpaired) electrons. The van der Waals surface area contributed by atoms with Gasteiger partial charge < -0.3 is 14.7 Å². The second-order valence-electron chi connectivity index (χ2n) is 4.87. The van der Waals surface area contributed by atoms with Gasteiger partial charge in [-0.05, 0) is 37.1 Å². The normalized spacial score (nSPS) is 19.1. The van der Waals surface area contributed by atoms with Gasteiger partial charge in [-0.15, -0.1) is 11.3 Å². The van der Waals surface area contributed by atoms with Crippen LogP contribution in [0.15, 0.2) is 11.4 Å². The number of aliphatic hydroxyl groups excluding tert-OH is 1. The molecule has 106 valence electrons. The first kappa shape index (κ1) is 14.5. The Labute approximate surface area is 118 Å². The summed E-state index contributed by atoms with van der Waals surface area (Å²) in [4.78, 5) is 15.4. The standard InChI is InChI=1S/C14H21NO3S/c1-18-10-11-6-9-19-13(11)14(17)15-7-2-4-12(15)5-3-8-16/h6,9,12,16H,2-5,7-8,10H2,1H3. The number of methoxy groups -OCH3 is 1. The number of hydrogen-bond acceptors (Lipinski definition) is 4. The summed E-state index contributed by atoms with van der Waals surface area (Å²) in [6.45, 7) is 1.52. The zero-order chi connectivity index (χ0) is 13.7. The molecule has 2 heterocycles. The molecule has 0 bridgehead atoms. The van der Waals surface area contributed by atoms with E-state index in [2.05, 4.69) is 0 Å². The highest BCUT2D eigenvalue weighted by atomic mass is 32.1. The Kier molecular flexibility index (Phi) is 5.36. The van der Waals surface area contributed by atoms with Crippen LogP contribution < -0.4 is 0 Å². The SMILES string of the molecule is COCc1ccsc1C(=O)N1CCCC1CCCO. The van der Waals surface area contributed by atoms with Crippen LogP contribution in [-0.4, -0.2) is 42.2 Å². The van der Waals surface area contributed by atoms with Crippen molar-refractivity contribution in [1.29, 1.82) is 0 Å². The topological polar surface area (TPSA) is 49.8 Å². The molecule has 1 aliphatic rings. The number of nitrogens with zero attached hydrogens (tertiary/aromatic N) is 1. The molecule has 2 rings (SSSR count). The van der Waals surface area contributed by atoms with Gasteiger partial charge in [-0.25, -0.2) is 0 Å². The molecular weight excluding hydrogens is 262 g/mol. The minimum absolute atomic E-state index is 0.127. The summed E-state index contributed by atoms with van der Waals surface area (Å²) < 4.78 is 5.13. The van der Waals surface area contributed by atoms with Crippen molar-refractivity contribution < 1.29 is 14.6 Å². The Hall–Kier alpha value is -0.910. The lowest BCUT2D eigenvalue weighted by molar-refractivity contribution is 0.0725. The number of hydrogen-bond donors (Lipinski definition) is 1. The van der Waals surface area contributed by atoms with Gasteiger partial charge >= 0.3 is 0 Å². The lowest BCUT2D eigenvalue weighted by atomic mass is 10.1. The molecule has 1 aliphatic heterocycles. The van der Waals surface area contributed by atoms with E-state index in [4.69, 9.17) is 9.84 Å².